The molecule has 0 aliphatic heterocycles. The number of para-hydroxylation sites is 2. The van der Waals surface area contributed by atoms with Crippen LogP contribution in [0.5, 0.6) is 0 Å². The van der Waals surface area contributed by atoms with Crippen LogP contribution in [0.2, 0.25) is 0 Å². The summed E-state index contributed by atoms with van der Waals surface area (Å²) >= 11 is 0. The lowest BCUT2D eigenvalue weighted by atomic mass is 9.97. The van der Waals surface area contributed by atoms with E-state index >= 15 is 0 Å². The van der Waals surface area contributed by atoms with Gasteiger partial charge in [-0.1, -0.05) is 176 Å². The van der Waals surface area contributed by atoms with Crippen molar-refractivity contribution >= 4 is 71.2 Å². The summed E-state index contributed by atoms with van der Waals surface area (Å²) in [5, 5.41) is 9.98. The van der Waals surface area contributed by atoms with Crippen molar-refractivity contribution in [3.8, 4) is 39.3 Å². The van der Waals surface area contributed by atoms with Gasteiger partial charge in [0.25, 0.3) is 0 Å². The predicted octanol–water partition coefficient (Wildman–Crippen LogP) is 16.1. The van der Waals surface area contributed by atoms with Crippen LogP contribution >= 0.6 is 0 Å². The van der Waals surface area contributed by atoms with E-state index in [2.05, 4.69) is 246 Å². The van der Waals surface area contributed by atoms with Gasteiger partial charge >= 0.3 is 0 Å². The standard InChI is InChI=1S/C59H39N3/c1-3-15-43(16-4-1)59-60-57-24-12-23-56(58(57)62(59)48-19-5-2-6-20-48)45-18-11-17-44(37-45)40-29-31-49(32-30-40)61(50-33-35-54-46(38-50)27-25-41-13-7-9-21-52(41)54)51-34-36-55-47(39-51)28-26-42-14-8-10-22-53(42)55/h1-39H. The molecule has 0 unspecified atom stereocenters. The molecule has 0 fully saturated rings. The van der Waals surface area contributed by atoms with Gasteiger partial charge in [-0.15, -0.1) is 0 Å². The third-order valence-corrected chi connectivity index (χ3v) is 12.3. The quantitative estimate of drug-likeness (QED) is 0.150. The maximum Gasteiger partial charge on any atom is 0.145 e. The number of imidazole rings is 1. The largest absolute Gasteiger partial charge is 0.310 e. The molecule has 12 rings (SSSR count). The zero-order chi connectivity index (χ0) is 41.0. The van der Waals surface area contributed by atoms with Gasteiger partial charge in [0.05, 0.1) is 11.0 Å². The average molecular weight is 790 g/mol. The number of benzene rings is 11. The van der Waals surface area contributed by atoms with Crippen molar-refractivity contribution in [2.45, 2.75) is 0 Å². The molecule has 0 bridgehead atoms. The minimum atomic E-state index is 0.926. The molecule has 0 radical (unpaired) electrons. The molecule has 0 aliphatic rings. The van der Waals surface area contributed by atoms with Gasteiger partial charge in [0.1, 0.15) is 5.82 Å². The molecule has 0 amide bonds. The van der Waals surface area contributed by atoms with Crippen molar-refractivity contribution < 1.29 is 0 Å². The summed E-state index contributed by atoms with van der Waals surface area (Å²) in [4.78, 5) is 7.61. The Kier molecular flexibility index (Phi) is 8.50. The van der Waals surface area contributed by atoms with E-state index in [1.54, 1.807) is 0 Å². The highest BCUT2D eigenvalue weighted by Gasteiger charge is 2.19. The van der Waals surface area contributed by atoms with E-state index < -0.39 is 0 Å². The fraction of sp³-hybridized carbons (Fsp3) is 0. The van der Waals surface area contributed by atoms with Gasteiger partial charge in [-0.3, -0.25) is 4.57 Å². The van der Waals surface area contributed by atoms with E-state index in [0.717, 1.165) is 67.4 Å². The minimum Gasteiger partial charge on any atom is -0.310 e. The smallest absolute Gasteiger partial charge is 0.145 e. The highest BCUT2D eigenvalue weighted by atomic mass is 15.1. The molecule has 12 aromatic rings. The first-order valence-electron chi connectivity index (χ1n) is 21.2. The van der Waals surface area contributed by atoms with Crippen LogP contribution in [0.25, 0.3) is 93.5 Å². The summed E-state index contributed by atoms with van der Waals surface area (Å²) in [5.41, 5.74) is 12.1. The summed E-state index contributed by atoms with van der Waals surface area (Å²) in [6.45, 7) is 0. The van der Waals surface area contributed by atoms with Crippen LogP contribution in [0.3, 0.4) is 0 Å². The van der Waals surface area contributed by atoms with Crippen LogP contribution in [0, 0.1) is 0 Å². The Morgan fingerprint density at radius 1 is 0.323 bits per heavy atom. The second-order valence-electron chi connectivity index (χ2n) is 16.0. The Morgan fingerprint density at radius 2 is 0.839 bits per heavy atom. The van der Waals surface area contributed by atoms with E-state index in [9.17, 15) is 0 Å². The Bertz CT molecular complexity index is 3510. The van der Waals surface area contributed by atoms with E-state index in [1.807, 2.05) is 0 Å². The number of nitrogens with zero attached hydrogens (tertiary/aromatic N) is 3. The molecular formula is C59H39N3. The fourth-order valence-corrected chi connectivity index (χ4v) is 9.36. The highest BCUT2D eigenvalue weighted by molar-refractivity contribution is 6.10. The van der Waals surface area contributed by atoms with Gasteiger partial charge < -0.3 is 4.90 Å². The topological polar surface area (TPSA) is 21.1 Å². The molecule has 62 heavy (non-hydrogen) atoms. The zero-order valence-corrected chi connectivity index (χ0v) is 33.9. The van der Waals surface area contributed by atoms with Crippen molar-refractivity contribution in [3.05, 3.63) is 237 Å². The summed E-state index contributed by atoms with van der Waals surface area (Å²) < 4.78 is 2.31. The van der Waals surface area contributed by atoms with Crippen molar-refractivity contribution in [1.82, 2.24) is 9.55 Å². The lowest BCUT2D eigenvalue weighted by molar-refractivity contribution is 1.10. The molecule has 3 heteroatoms. The number of hydrogen-bond donors (Lipinski definition) is 0. The number of hydrogen-bond acceptors (Lipinski definition) is 2. The van der Waals surface area contributed by atoms with E-state index in [4.69, 9.17) is 4.98 Å². The second-order valence-corrected chi connectivity index (χ2v) is 16.0. The van der Waals surface area contributed by atoms with Crippen LogP contribution in [0.1, 0.15) is 0 Å². The first kappa shape index (κ1) is 35.7. The summed E-state index contributed by atoms with van der Waals surface area (Å²) in [7, 11) is 0. The monoisotopic (exact) mass is 789 g/mol. The molecule has 0 saturated heterocycles. The summed E-state index contributed by atoms with van der Waals surface area (Å²) in [6, 6.07) is 85.4. The van der Waals surface area contributed by atoms with Crippen molar-refractivity contribution in [2.75, 3.05) is 4.90 Å². The molecule has 3 nitrogen and oxygen atoms in total. The van der Waals surface area contributed by atoms with Crippen LogP contribution in [-0.4, -0.2) is 9.55 Å². The van der Waals surface area contributed by atoms with Crippen LogP contribution in [0.15, 0.2) is 237 Å². The number of rotatable bonds is 7. The van der Waals surface area contributed by atoms with E-state index in [-0.39, 0.29) is 0 Å². The molecule has 290 valence electrons. The zero-order valence-electron chi connectivity index (χ0n) is 33.9. The lowest BCUT2D eigenvalue weighted by Crippen LogP contribution is -2.10. The highest BCUT2D eigenvalue weighted by Crippen LogP contribution is 2.41. The Morgan fingerprint density at radius 3 is 1.50 bits per heavy atom. The van der Waals surface area contributed by atoms with Gasteiger partial charge in [0.15, 0.2) is 0 Å². The Balaban J connectivity index is 0.966. The minimum absolute atomic E-state index is 0.926. The van der Waals surface area contributed by atoms with E-state index in [1.165, 1.54) is 43.1 Å². The van der Waals surface area contributed by atoms with Crippen LogP contribution in [0.4, 0.5) is 17.1 Å². The van der Waals surface area contributed by atoms with Crippen molar-refractivity contribution in [3.63, 3.8) is 0 Å². The molecular weight excluding hydrogens is 751 g/mol. The van der Waals surface area contributed by atoms with E-state index in [0.29, 0.717) is 0 Å². The Hall–Kier alpha value is -8.27. The lowest BCUT2D eigenvalue weighted by Gasteiger charge is -2.26. The third-order valence-electron chi connectivity index (χ3n) is 12.3. The molecule has 0 spiro atoms. The Labute approximate surface area is 360 Å². The second kappa shape index (κ2) is 14.8. The number of aromatic nitrogens is 2. The summed E-state index contributed by atoms with van der Waals surface area (Å²) in [5.74, 6) is 0.926. The van der Waals surface area contributed by atoms with Crippen molar-refractivity contribution in [2.24, 2.45) is 0 Å². The van der Waals surface area contributed by atoms with Gasteiger partial charge in [0, 0.05) is 33.9 Å². The maximum absolute atomic E-state index is 5.22. The van der Waals surface area contributed by atoms with Gasteiger partial charge in [-0.05, 0) is 120 Å². The molecule has 0 atom stereocenters. The molecule has 0 saturated carbocycles. The van der Waals surface area contributed by atoms with Gasteiger partial charge in [-0.25, -0.2) is 4.98 Å². The number of fused-ring (bicyclic) bond motifs is 7. The number of anilines is 3. The first-order valence-corrected chi connectivity index (χ1v) is 21.2. The first-order chi connectivity index (χ1) is 30.7. The maximum atomic E-state index is 5.22. The fourth-order valence-electron chi connectivity index (χ4n) is 9.36. The van der Waals surface area contributed by atoms with Crippen LogP contribution in [-0.2, 0) is 0 Å². The SMILES string of the molecule is c1ccc(-c2nc3cccc(-c4cccc(-c5ccc(N(c6ccc7c(ccc8ccccc87)c6)c6ccc7c(ccc8ccccc87)c6)cc5)c4)c3n2-c2ccccc2)cc1. The van der Waals surface area contributed by atoms with Gasteiger partial charge in [0.2, 0.25) is 0 Å². The third kappa shape index (κ3) is 6.10. The molecule has 1 heterocycles. The normalized spacial score (nSPS) is 11.5. The van der Waals surface area contributed by atoms with Crippen molar-refractivity contribution in [1.29, 1.82) is 0 Å². The molecule has 0 aliphatic carbocycles. The molecule has 0 N–H and O–H groups in total. The summed E-state index contributed by atoms with van der Waals surface area (Å²) in [6.07, 6.45) is 0. The molecule has 1 aromatic heterocycles. The molecule has 11 aromatic carbocycles. The predicted molar refractivity (Wildman–Crippen MR) is 262 cm³/mol. The van der Waals surface area contributed by atoms with Gasteiger partial charge in [-0.2, -0.15) is 0 Å². The van der Waals surface area contributed by atoms with Crippen LogP contribution < -0.4 is 4.90 Å². The average Bonchev–Trinajstić information content (AvgIpc) is 3.75.